The molecule has 1 aliphatic heterocycles. The van der Waals surface area contributed by atoms with Crippen LogP contribution in [0.25, 0.3) is 0 Å². The lowest BCUT2D eigenvalue weighted by molar-refractivity contribution is -0.119. The first-order valence-corrected chi connectivity index (χ1v) is 5.85. The first-order chi connectivity index (χ1) is 8.20. The van der Waals surface area contributed by atoms with Crippen molar-refractivity contribution >= 4 is 11.8 Å². The fourth-order valence-electron chi connectivity index (χ4n) is 2.04. The van der Waals surface area contributed by atoms with Gasteiger partial charge in [0.1, 0.15) is 0 Å². The molecule has 0 aliphatic carbocycles. The minimum absolute atomic E-state index is 0.0633. The largest absolute Gasteiger partial charge is 0.355 e. The van der Waals surface area contributed by atoms with Crippen LogP contribution in [-0.4, -0.2) is 24.9 Å². The average Bonchev–Trinajstić information content (AvgIpc) is 2.76. The van der Waals surface area contributed by atoms with Crippen molar-refractivity contribution < 1.29 is 9.59 Å². The van der Waals surface area contributed by atoms with Crippen LogP contribution in [0.1, 0.15) is 35.2 Å². The van der Waals surface area contributed by atoms with Gasteiger partial charge in [-0.2, -0.15) is 0 Å². The summed E-state index contributed by atoms with van der Waals surface area (Å²) in [6, 6.07) is 7.49. The van der Waals surface area contributed by atoms with Gasteiger partial charge in [-0.05, 0) is 24.6 Å². The molecule has 0 bridgehead atoms. The van der Waals surface area contributed by atoms with Crippen molar-refractivity contribution in [1.82, 2.24) is 10.6 Å². The van der Waals surface area contributed by atoms with Gasteiger partial charge in [0.2, 0.25) is 5.91 Å². The summed E-state index contributed by atoms with van der Waals surface area (Å²) < 4.78 is 0. The highest BCUT2D eigenvalue weighted by Gasteiger charge is 2.23. The molecule has 1 aromatic carbocycles. The lowest BCUT2D eigenvalue weighted by atomic mass is 9.96. The molecule has 1 heterocycles. The van der Waals surface area contributed by atoms with Crippen LogP contribution in [0.5, 0.6) is 0 Å². The van der Waals surface area contributed by atoms with Gasteiger partial charge in [0, 0.05) is 31.0 Å². The highest BCUT2D eigenvalue weighted by molar-refractivity contribution is 5.94. The summed E-state index contributed by atoms with van der Waals surface area (Å²) in [6.07, 6.45) is 0.513. The highest BCUT2D eigenvalue weighted by atomic mass is 16.2. The molecule has 2 N–H and O–H groups in total. The molecule has 1 unspecified atom stereocenters. The van der Waals surface area contributed by atoms with Crippen LogP contribution >= 0.6 is 0 Å². The highest BCUT2D eigenvalue weighted by Crippen LogP contribution is 2.23. The van der Waals surface area contributed by atoms with Gasteiger partial charge in [-0.3, -0.25) is 9.59 Å². The van der Waals surface area contributed by atoms with E-state index in [1.54, 1.807) is 6.07 Å². The van der Waals surface area contributed by atoms with Crippen molar-refractivity contribution in [3.05, 3.63) is 35.4 Å². The molecule has 1 aliphatic rings. The van der Waals surface area contributed by atoms with Crippen LogP contribution in [0.15, 0.2) is 24.3 Å². The average molecular weight is 232 g/mol. The molecule has 90 valence electrons. The second-order valence-electron chi connectivity index (χ2n) is 4.19. The topological polar surface area (TPSA) is 58.2 Å². The Labute approximate surface area is 100 Å². The molecule has 4 heteroatoms. The molecule has 17 heavy (non-hydrogen) atoms. The van der Waals surface area contributed by atoms with E-state index in [0.717, 1.165) is 5.56 Å². The minimum atomic E-state index is -0.0633. The fourth-order valence-corrected chi connectivity index (χ4v) is 2.04. The second-order valence-corrected chi connectivity index (χ2v) is 4.19. The molecule has 0 aromatic heterocycles. The quantitative estimate of drug-likeness (QED) is 0.818. The van der Waals surface area contributed by atoms with E-state index in [4.69, 9.17) is 0 Å². The van der Waals surface area contributed by atoms with Crippen LogP contribution in [0.3, 0.4) is 0 Å². The van der Waals surface area contributed by atoms with Crippen LogP contribution in [-0.2, 0) is 4.79 Å². The Morgan fingerprint density at radius 3 is 3.00 bits per heavy atom. The molecule has 0 saturated carbocycles. The predicted octanol–water partition coefficient (Wildman–Crippen LogP) is 1.04. The maximum atomic E-state index is 11.7. The number of benzene rings is 1. The Bertz CT molecular complexity index is 443. The summed E-state index contributed by atoms with van der Waals surface area (Å²) in [5, 5.41) is 5.57. The van der Waals surface area contributed by atoms with E-state index in [1.807, 2.05) is 25.1 Å². The maximum absolute atomic E-state index is 11.7. The molecular formula is C13H16N2O2. The van der Waals surface area contributed by atoms with Gasteiger partial charge in [0.25, 0.3) is 5.91 Å². The van der Waals surface area contributed by atoms with E-state index >= 15 is 0 Å². The summed E-state index contributed by atoms with van der Waals surface area (Å²) in [7, 11) is 0. The molecule has 4 nitrogen and oxygen atoms in total. The monoisotopic (exact) mass is 232 g/mol. The third-order valence-electron chi connectivity index (χ3n) is 2.93. The summed E-state index contributed by atoms with van der Waals surface area (Å²) in [6.45, 7) is 3.17. The number of hydrogen-bond donors (Lipinski definition) is 2. The number of amides is 2. The predicted molar refractivity (Wildman–Crippen MR) is 64.8 cm³/mol. The zero-order chi connectivity index (χ0) is 12.3. The van der Waals surface area contributed by atoms with E-state index in [1.165, 1.54) is 0 Å². The first-order valence-electron chi connectivity index (χ1n) is 5.85. The lowest BCUT2D eigenvalue weighted by Gasteiger charge is -2.09. The Morgan fingerprint density at radius 2 is 2.35 bits per heavy atom. The normalized spacial score (nSPS) is 18.9. The fraction of sp³-hybridized carbons (Fsp3) is 0.385. The summed E-state index contributed by atoms with van der Waals surface area (Å²) in [5.74, 6) is 0.210. The van der Waals surface area contributed by atoms with Crippen molar-refractivity contribution in [3.63, 3.8) is 0 Å². The minimum Gasteiger partial charge on any atom is -0.355 e. The van der Waals surface area contributed by atoms with Crippen molar-refractivity contribution in [3.8, 4) is 0 Å². The zero-order valence-corrected chi connectivity index (χ0v) is 9.82. The van der Waals surface area contributed by atoms with E-state index in [2.05, 4.69) is 10.6 Å². The van der Waals surface area contributed by atoms with Crippen LogP contribution < -0.4 is 10.6 Å². The van der Waals surface area contributed by atoms with E-state index in [9.17, 15) is 9.59 Å². The van der Waals surface area contributed by atoms with E-state index < -0.39 is 0 Å². The first kappa shape index (κ1) is 11.6. The summed E-state index contributed by atoms with van der Waals surface area (Å²) >= 11 is 0. The van der Waals surface area contributed by atoms with Crippen molar-refractivity contribution in [2.24, 2.45) is 0 Å². The number of nitrogens with one attached hydrogen (secondary N) is 2. The molecule has 1 atom stereocenters. The Morgan fingerprint density at radius 1 is 1.53 bits per heavy atom. The zero-order valence-electron chi connectivity index (χ0n) is 9.82. The molecule has 1 aromatic rings. The standard InChI is InChI=1S/C13H16N2O2/c1-2-14-13(17)10-5-3-4-9(6-10)11-7-12(16)15-8-11/h3-6,11H,2,7-8H2,1H3,(H,14,17)(H,15,16). The van der Waals surface area contributed by atoms with Gasteiger partial charge in [-0.1, -0.05) is 12.1 Å². The molecule has 0 radical (unpaired) electrons. The summed E-state index contributed by atoms with van der Waals surface area (Å²) in [4.78, 5) is 22.8. The van der Waals surface area contributed by atoms with Crippen LogP contribution in [0.2, 0.25) is 0 Å². The van der Waals surface area contributed by atoms with Crippen molar-refractivity contribution in [2.75, 3.05) is 13.1 Å². The molecule has 1 fully saturated rings. The maximum Gasteiger partial charge on any atom is 0.251 e. The molecule has 2 rings (SSSR count). The van der Waals surface area contributed by atoms with Crippen molar-refractivity contribution in [1.29, 1.82) is 0 Å². The van der Waals surface area contributed by atoms with E-state index in [-0.39, 0.29) is 17.7 Å². The Kier molecular flexibility index (Phi) is 3.42. The smallest absolute Gasteiger partial charge is 0.251 e. The lowest BCUT2D eigenvalue weighted by Crippen LogP contribution is -2.22. The van der Waals surface area contributed by atoms with E-state index in [0.29, 0.717) is 25.1 Å². The van der Waals surface area contributed by atoms with Gasteiger partial charge in [0.05, 0.1) is 0 Å². The SMILES string of the molecule is CCNC(=O)c1cccc(C2CNC(=O)C2)c1. The third-order valence-corrected chi connectivity index (χ3v) is 2.93. The van der Waals surface area contributed by atoms with Crippen molar-refractivity contribution in [2.45, 2.75) is 19.3 Å². The van der Waals surface area contributed by atoms with Gasteiger partial charge in [0.15, 0.2) is 0 Å². The summed E-state index contributed by atoms with van der Waals surface area (Å²) in [5.41, 5.74) is 1.70. The Hall–Kier alpha value is -1.84. The molecule has 0 spiro atoms. The van der Waals surface area contributed by atoms with Gasteiger partial charge in [-0.25, -0.2) is 0 Å². The van der Waals surface area contributed by atoms with Crippen LogP contribution in [0.4, 0.5) is 0 Å². The van der Waals surface area contributed by atoms with Gasteiger partial charge < -0.3 is 10.6 Å². The number of hydrogen-bond acceptors (Lipinski definition) is 2. The Balaban J connectivity index is 2.16. The molecule has 2 amide bonds. The molecule has 1 saturated heterocycles. The van der Waals surface area contributed by atoms with Crippen LogP contribution in [0, 0.1) is 0 Å². The van der Waals surface area contributed by atoms with Gasteiger partial charge in [-0.15, -0.1) is 0 Å². The third kappa shape index (κ3) is 2.64. The number of rotatable bonds is 3. The molecular weight excluding hydrogens is 216 g/mol. The number of carbonyl (C=O) groups is 2. The number of carbonyl (C=O) groups excluding carboxylic acids is 2. The van der Waals surface area contributed by atoms with Gasteiger partial charge >= 0.3 is 0 Å². The second kappa shape index (κ2) is 4.99.